The lowest BCUT2D eigenvalue weighted by atomic mass is 10.2. The van der Waals surface area contributed by atoms with Crippen molar-refractivity contribution in [1.82, 2.24) is 25.5 Å². The Hall–Kier alpha value is -3.90. The number of ether oxygens (including phenoxy) is 2. The van der Waals surface area contributed by atoms with Gasteiger partial charge in [0.2, 0.25) is 17.8 Å². The molecule has 0 radical (unpaired) electrons. The van der Waals surface area contributed by atoms with Crippen LogP contribution in [0.4, 0.5) is 28.8 Å². The van der Waals surface area contributed by atoms with Crippen molar-refractivity contribution in [2.75, 3.05) is 88.5 Å². The van der Waals surface area contributed by atoms with E-state index in [4.69, 9.17) is 21.1 Å². The zero-order valence-electron chi connectivity index (χ0n) is 27.6. The van der Waals surface area contributed by atoms with Gasteiger partial charge in [0.1, 0.15) is 17.9 Å². The molecule has 1 aromatic heterocycles. The zero-order chi connectivity index (χ0) is 34.1. The molecule has 1 atom stereocenters. The lowest BCUT2D eigenvalue weighted by molar-refractivity contribution is -0.132. The van der Waals surface area contributed by atoms with Crippen molar-refractivity contribution in [3.05, 3.63) is 53.7 Å². The molecule has 3 aromatic rings. The second-order valence-electron chi connectivity index (χ2n) is 12.1. The molecule has 2 fully saturated rings. The fourth-order valence-electron chi connectivity index (χ4n) is 5.70. The summed E-state index contributed by atoms with van der Waals surface area (Å²) in [6, 6.07) is 13.1. The summed E-state index contributed by atoms with van der Waals surface area (Å²) < 4.78 is 24.1. The van der Waals surface area contributed by atoms with Crippen LogP contribution in [0.3, 0.4) is 0 Å². The van der Waals surface area contributed by atoms with Crippen molar-refractivity contribution in [3.8, 4) is 5.75 Å². The third kappa shape index (κ3) is 9.37. The molecule has 258 valence electrons. The summed E-state index contributed by atoms with van der Waals surface area (Å²) in [5.74, 6) is 1.37. The van der Waals surface area contributed by atoms with Crippen LogP contribution in [0.25, 0.3) is 0 Å². The van der Waals surface area contributed by atoms with Gasteiger partial charge in [0, 0.05) is 49.8 Å². The Bertz CT molecular complexity index is 1630. The van der Waals surface area contributed by atoms with Gasteiger partial charge in [0.15, 0.2) is 5.82 Å². The summed E-state index contributed by atoms with van der Waals surface area (Å²) >= 11 is 6.42. The minimum atomic E-state index is -2.55. The molecule has 0 aliphatic carbocycles. The van der Waals surface area contributed by atoms with Gasteiger partial charge in [-0.3, -0.25) is 9.59 Å². The first-order chi connectivity index (χ1) is 23.1. The molecular formula is C33H44ClN8O5P. The summed E-state index contributed by atoms with van der Waals surface area (Å²) in [6.45, 7) is 8.04. The molecule has 5 rings (SSSR count). The minimum Gasteiger partial charge on any atom is -0.494 e. The Morgan fingerprint density at radius 3 is 2.58 bits per heavy atom. The van der Waals surface area contributed by atoms with Crippen LogP contribution >= 0.6 is 18.7 Å². The molecular weight excluding hydrogens is 655 g/mol. The first kappa shape index (κ1) is 35.4. The van der Waals surface area contributed by atoms with Crippen molar-refractivity contribution < 1.29 is 23.6 Å². The van der Waals surface area contributed by atoms with E-state index in [9.17, 15) is 14.2 Å². The maximum Gasteiger partial charge on any atom is 0.237 e. The second-order valence-corrected chi connectivity index (χ2v) is 15.7. The molecule has 0 unspecified atom stereocenters. The van der Waals surface area contributed by atoms with Gasteiger partial charge in [-0.2, -0.15) is 4.98 Å². The van der Waals surface area contributed by atoms with Gasteiger partial charge in [-0.25, -0.2) is 4.98 Å². The molecule has 13 nitrogen and oxygen atoms in total. The average Bonchev–Trinajstić information content (AvgIpc) is 3.63. The van der Waals surface area contributed by atoms with Crippen molar-refractivity contribution in [3.63, 3.8) is 0 Å². The molecule has 2 aliphatic rings. The first-order valence-electron chi connectivity index (χ1n) is 16.1. The SMILES string of the molecule is COc1cc(N2CCN(C(=O)CCOCCNC(=O)[C@@H]3CCCN3)CC2)ccc1Nc1ncc(Cl)c(Nc2ccccc2P(C)(C)=O)n1. The van der Waals surface area contributed by atoms with Crippen molar-refractivity contribution in [1.29, 1.82) is 0 Å². The van der Waals surface area contributed by atoms with Crippen molar-refractivity contribution in [2.45, 2.75) is 25.3 Å². The highest BCUT2D eigenvalue weighted by Gasteiger charge is 2.23. The lowest BCUT2D eigenvalue weighted by Gasteiger charge is -2.36. The fraction of sp³-hybridized carbons (Fsp3) is 0.455. The van der Waals surface area contributed by atoms with Gasteiger partial charge in [0.05, 0.1) is 50.4 Å². The molecule has 0 spiro atoms. The Balaban J connectivity index is 1.10. The standard InChI is InChI=1S/C33H44ClN8O5P/c1-46-28-21-23(41-15-17-42(18-16-41)30(43)12-19-47-20-14-36-32(44)27-8-6-13-35-27)10-11-25(28)39-33-37-22-24(34)31(40-33)38-26-7-4-5-9-29(26)48(2,3)45/h4-5,7,9-11,21-22,27,35H,6,8,12-20H2,1-3H3,(H,36,44)(H2,37,38,39,40)/t27-/m0/s1. The Morgan fingerprint density at radius 1 is 1.06 bits per heavy atom. The Morgan fingerprint density at radius 2 is 1.85 bits per heavy atom. The molecule has 3 heterocycles. The molecule has 4 N–H and O–H groups in total. The normalized spacial score (nSPS) is 16.5. The van der Waals surface area contributed by atoms with E-state index in [2.05, 4.69) is 36.1 Å². The number of anilines is 5. The molecule has 2 aromatic carbocycles. The van der Waals surface area contributed by atoms with Gasteiger partial charge in [-0.1, -0.05) is 23.7 Å². The molecule has 0 bridgehead atoms. The maximum atomic E-state index is 12.8. The predicted molar refractivity (Wildman–Crippen MR) is 190 cm³/mol. The zero-order valence-corrected chi connectivity index (χ0v) is 29.3. The first-order valence-corrected chi connectivity index (χ1v) is 19.1. The van der Waals surface area contributed by atoms with Crippen LogP contribution in [0.1, 0.15) is 19.3 Å². The quantitative estimate of drug-likeness (QED) is 0.144. The van der Waals surface area contributed by atoms with E-state index < -0.39 is 7.14 Å². The second kappa shape index (κ2) is 16.5. The summed E-state index contributed by atoms with van der Waals surface area (Å²) in [5.41, 5.74) is 2.32. The number of rotatable bonds is 14. The number of para-hydroxylation sites is 1. The van der Waals surface area contributed by atoms with Gasteiger partial charge in [-0.05, 0) is 57.0 Å². The van der Waals surface area contributed by atoms with Crippen LogP contribution in [0.2, 0.25) is 5.02 Å². The van der Waals surface area contributed by atoms with E-state index >= 15 is 0 Å². The smallest absolute Gasteiger partial charge is 0.237 e. The van der Waals surface area contributed by atoms with Gasteiger partial charge >= 0.3 is 0 Å². The summed E-state index contributed by atoms with van der Waals surface area (Å²) in [7, 11) is -0.944. The number of nitrogens with one attached hydrogen (secondary N) is 4. The molecule has 2 aliphatic heterocycles. The number of aromatic nitrogens is 2. The largest absolute Gasteiger partial charge is 0.494 e. The monoisotopic (exact) mass is 698 g/mol. The number of hydrogen-bond acceptors (Lipinski definition) is 11. The molecule has 48 heavy (non-hydrogen) atoms. The van der Waals surface area contributed by atoms with Crippen LogP contribution in [0.5, 0.6) is 5.75 Å². The lowest BCUT2D eigenvalue weighted by Crippen LogP contribution is -2.49. The topological polar surface area (TPSA) is 150 Å². The number of piperazine rings is 1. The molecule has 15 heteroatoms. The van der Waals surface area contributed by atoms with Crippen LogP contribution in [-0.4, -0.2) is 106 Å². The number of carbonyl (C=O) groups is 2. The van der Waals surface area contributed by atoms with Crippen molar-refractivity contribution >= 4 is 64.7 Å². The van der Waals surface area contributed by atoms with Crippen LogP contribution in [0, 0.1) is 0 Å². The van der Waals surface area contributed by atoms with Gasteiger partial charge < -0.3 is 45.1 Å². The van der Waals surface area contributed by atoms with Crippen LogP contribution in [0.15, 0.2) is 48.7 Å². The highest BCUT2D eigenvalue weighted by molar-refractivity contribution is 7.70. The molecule has 2 saturated heterocycles. The van der Waals surface area contributed by atoms with E-state index in [-0.39, 0.29) is 17.9 Å². The van der Waals surface area contributed by atoms with E-state index in [1.54, 1.807) is 20.4 Å². The van der Waals surface area contributed by atoms with E-state index in [1.165, 1.54) is 6.20 Å². The Labute approximate surface area is 286 Å². The number of carbonyl (C=O) groups excluding carboxylic acids is 2. The maximum absolute atomic E-state index is 12.8. The summed E-state index contributed by atoms with van der Waals surface area (Å²) in [6.07, 6.45) is 3.70. The third-order valence-electron chi connectivity index (χ3n) is 8.29. The molecule has 2 amide bonds. The third-order valence-corrected chi connectivity index (χ3v) is 10.1. The van der Waals surface area contributed by atoms with E-state index in [0.29, 0.717) is 91.6 Å². The fourth-order valence-corrected chi connectivity index (χ4v) is 7.00. The van der Waals surface area contributed by atoms with Crippen LogP contribution < -0.4 is 36.2 Å². The van der Waals surface area contributed by atoms with E-state index in [0.717, 1.165) is 25.1 Å². The van der Waals surface area contributed by atoms with Gasteiger partial charge in [-0.15, -0.1) is 0 Å². The highest BCUT2D eigenvalue weighted by atomic mass is 35.5. The van der Waals surface area contributed by atoms with Gasteiger partial charge in [0.25, 0.3) is 0 Å². The number of nitrogens with zero attached hydrogens (tertiary/aromatic N) is 4. The average molecular weight is 699 g/mol. The van der Waals surface area contributed by atoms with Crippen molar-refractivity contribution in [2.24, 2.45) is 0 Å². The van der Waals surface area contributed by atoms with Crippen LogP contribution in [-0.2, 0) is 18.9 Å². The Kier molecular flexibility index (Phi) is 12.2. The summed E-state index contributed by atoms with van der Waals surface area (Å²) in [5, 5.41) is 13.5. The molecule has 0 saturated carbocycles. The minimum absolute atomic E-state index is 0.0109. The number of halogens is 1. The number of benzene rings is 2. The number of hydrogen-bond donors (Lipinski definition) is 4. The number of amides is 2. The summed E-state index contributed by atoms with van der Waals surface area (Å²) in [4.78, 5) is 37.8. The van der Waals surface area contributed by atoms with E-state index in [1.807, 2.05) is 47.4 Å². The highest BCUT2D eigenvalue weighted by Crippen LogP contribution is 2.39. The number of methoxy groups -OCH3 is 1. The predicted octanol–water partition coefficient (Wildman–Crippen LogP) is 3.80.